The van der Waals surface area contributed by atoms with Crippen LogP contribution in [0, 0.1) is 0 Å². The highest BCUT2D eigenvalue weighted by molar-refractivity contribution is 6.35. The Bertz CT molecular complexity index is 849. The van der Waals surface area contributed by atoms with Gasteiger partial charge in [0.05, 0.1) is 5.69 Å². The topological polar surface area (TPSA) is 76.7 Å². The van der Waals surface area contributed by atoms with Crippen molar-refractivity contribution in [1.82, 2.24) is 0 Å². The minimum Gasteiger partial charge on any atom is -0.479 e. The fraction of sp³-hybridized carbons (Fsp3) is 0.300. The zero-order valence-corrected chi connectivity index (χ0v) is 16.7. The van der Waals surface area contributed by atoms with Crippen LogP contribution in [0.5, 0.6) is 5.75 Å². The van der Waals surface area contributed by atoms with E-state index in [1.807, 2.05) is 0 Å². The highest BCUT2D eigenvalue weighted by Gasteiger charge is 2.25. The van der Waals surface area contributed by atoms with Gasteiger partial charge in [0.2, 0.25) is 0 Å². The van der Waals surface area contributed by atoms with Crippen molar-refractivity contribution in [2.24, 2.45) is 0 Å². The summed E-state index contributed by atoms with van der Waals surface area (Å²) < 4.78 is 11.2. The fourth-order valence-corrected chi connectivity index (χ4v) is 3.31. The van der Waals surface area contributed by atoms with Crippen LogP contribution >= 0.6 is 23.2 Å². The van der Waals surface area contributed by atoms with Gasteiger partial charge < -0.3 is 20.1 Å². The number of nitrogens with one attached hydrogen (secondary N) is 2. The SMILES string of the molecule is CC(Oc1ccccc1NC(=O)C1CCCO1)C(=O)Nc1cc(Cl)cc(Cl)c1. The van der Waals surface area contributed by atoms with Crippen LogP contribution in [-0.4, -0.2) is 30.6 Å². The Labute approximate surface area is 173 Å². The second-order valence-electron chi connectivity index (χ2n) is 6.39. The van der Waals surface area contributed by atoms with Crippen molar-refractivity contribution in [3.8, 4) is 5.75 Å². The lowest BCUT2D eigenvalue weighted by molar-refractivity contribution is -0.124. The number of carbonyl (C=O) groups excluding carboxylic acids is 2. The van der Waals surface area contributed by atoms with Crippen LogP contribution in [-0.2, 0) is 14.3 Å². The van der Waals surface area contributed by atoms with E-state index in [4.69, 9.17) is 32.7 Å². The quantitative estimate of drug-likeness (QED) is 0.717. The van der Waals surface area contributed by atoms with Crippen molar-refractivity contribution in [1.29, 1.82) is 0 Å². The van der Waals surface area contributed by atoms with E-state index in [0.717, 1.165) is 6.42 Å². The summed E-state index contributed by atoms with van der Waals surface area (Å²) in [5.41, 5.74) is 0.950. The zero-order valence-electron chi connectivity index (χ0n) is 15.2. The molecule has 2 N–H and O–H groups in total. The summed E-state index contributed by atoms with van der Waals surface area (Å²) in [4.78, 5) is 24.7. The fourth-order valence-electron chi connectivity index (χ4n) is 2.78. The zero-order chi connectivity index (χ0) is 20.1. The van der Waals surface area contributed by atoms with Gasteiger partial charge in [-0.05, 0) is 50.1 Å². The van der Waals surface area contributed by atoms with Gasteiger partial charge in [0.1, 0.15) is 11.9 Å². The van der Waals surface area contributed by atoms with Crippen molar-refractivity contribution in [2.75, 3.05) is 17.2 Å². The molecule has 28 heavy (non-hydrogen) atoms. The molecule has 1 heterocycles. The van der Waals surface area contributed by atoms with Crippen molar-refractivity contribution in [2.45, 2.75) is 32.0 Å². The number of halogens is 2. The molecule has 8 heteroatoms. The van der Waals surface area contributed by atoms with E-state index in [1.54, 1.807) is 49.4 Å². The Balaban J connectivity index is 1.65. The summed E-state index contributed by atoms with van der Waals surface area (Å²) in [6.07, 6.45) is 0.275. The third-order valence-corrected chi connectivity index (χ3v) is 4.61. The lowest BCUT2D eigenvalue weighted by Gasteiger charge is -2.18. The molecule has 3 rings (SSSR count). The number of para-hydroxylation sites is 2. The molecule has 1 aliphatic heterocycles. The van der Waals surface area contributed by atoms with Crippen molar-refractivity contribution < 1.29 is 19.1 Å². The number of anilines is 2. The van der Waals surface area contributed by atoms with Crippen LogP contribution in [0.3, 0.4) is 0 Å². The van der Waals surface area contributed by atoms with E-state index in [2.05, 4.69) is 10.6 Å². The number of benzene rings is 2. The molecule has 148 valence electrons. The molecule has 2 aromatic rings. The molecule has 0 spiro atoms. The predicted octanol–water partition coefficient (Wildman–Crippen LogP) is 4.52. The molecule has 0 aromatic heterocycles. The number of hydrogen-bond acceptors (Lipinski definition) is 4. The van der Waals surface area contributed by atoms with Gasteiger partial charge in [0.15, 0.2) is 6.10 Å². The molecular formula is C20H20Cl2N2O4. The minimum absolute atomic E-state index is 0.223. The average Bonchev–Trinajstić information content (AvgIpc) is 3.17. The smallest absolute Gasteiger partial charge is 0.265 e. The predicted molar refractivity (Wildman–Crippen MR) is 109 cm³/mol. The van der Waals surface area contributed by atoms with Crippen LogP contribution in [0.1, 0.15) is 19.8 Å². The maximum atomic E-state index is 12.5. The minimum atomic E-state index is -0.821. The van der Waals surface area contributed by atoms with Gasteiger partial charge in [0.25, 0.3) is 11.8 Å². The van der Waals surface area contributed by atoms with Gasteiger partial charge in [-0.2, -0.15) is 0 Å². The van der Waals surface area contributed by atoms with Crippen LogP contribution in [0.4, 0.5) is 11.4 Å². The molecule has 1 saturated heterocycles. The maximum absolute atomic E-state index is 12.5. The van der Waals surface area contributed by atoms with Crippen LogP contribution in [0.15, 0.2) is 42.5 Å². The molecule has 2 aromatic carbocycles. The molecule has 0 bridgehead atoms. The summed E-state index contributed by atoms with van der Waals surface area (Å²) in [7, 11) is 0. The summed E-state index contributed by atoms with van der Waals surface area (Å²) >= 11 is 11.9. The van der Waals surface area contributed by atoms with Crippen molar-refractivity contribution in [3.63, 3.8) is 0 Å². The molecular weight excluding hydrogens is 403 g/mol. The first-order valence-corrected chi connectivity index (χ1v) is 9.63. The Hall–Kier alpha value is -2.28. The molecule has 2 atom stereocenters. The third kappa shape index (κ3) is 5.38. The highest BCUT2D eigenvalue weighted by atomic mass is 35.5. The Morgan fingerprint density at radius 3 is 2.54 bits per heavy atom. The largest absolute Gasteiger partial charge is 0.479 e. The standard InChI is InChI=1S/C20H20Cl2N2O4/c1-12(19(25)23-15-10-13(21)9-14(22)11-15)28-17-6-3-2-5-16(17)24-20(26)18-7-4-8-27-18/h2-3,5-6,9-12,18H,4,7-8H2,1H3,(H,23,25)(H,24,26). The molecule has 2 unspecified atom stereocenters. The second kappa shape index (κ2) is 9.28. The van der Waals surface area contributed by atoms with Gasteiger partial charge in [-0.1, -0.05) is 35.3 Å². The number of ether oxygens (including phenoxy) is 2. The Morgan fingerprint density at radius 2 is 1.86 bits per heavy atom. The van der Waals surface area contributed by atoms with Gasteiger partial charge >= 0.3 is 0 Å². The number of rotatable bonds is 6. The lowest BCUT2D eigenvalue weighted by atomic mass is 10.2. The van der Waals surface area contributed by atoms with E-state index in [1.165, 1.54) is 0 Å². The molecule has 6 nitrogen and oxygen atoms in total. The maximum Gasteiger partial charge on any atom is 0.265 e. The van der Waals surface area contributed by atoms with E-state index in [-0.39, 0.29) is 11.8 Å². The first-order chi connectivity index (χ1) is 13.4. The first-order valence-electron chi connectivity index (χ1n) is 8.87. The number of carbonyl (C=O) groups is 2. The van der Waals surface area contributed by atoms with Gasteiger partial charge in [-0.25, -0.2) is 0 Å². The van der Waals surface area contributed by atoms with Crippen LogP contribution < -0.4 is 15.4 Å². The van der Waals surface area contributed by atoms with Gasteiger partial charge in [0, 0.05) is 22.3 Å². The third-order valence-electron chi connectivity index (χ3n) is 4.17. The van der Waals surface area contributed by atoms with Crippen molar-refractivity contribution >= 4 is 46.4 Å². The first kappa shape index (κ1) is 20.5. The number of hydrogen-bond donors (Lipinski definition) is 2. The summed E-state index contributed by atoms with van der Waals surface area (Å²) in [6, 6.07) is 11.7. The van der Waals surface area contributed by atoms with E-state index < -0.39 is 12.2 Å². The van der Waals surface area contributed by atoms with Crippen LogP contribution in [0.2, 0.25) is 10.0 Å². The summed E-state index contributed by atoms with van der Waals surface area (Å²) in [5, 5.41) is 6.34. The molecule has 2 amide bonds. The molecule has 1 aliphatic rings. The summed E-state index contributed by atoms with van der Waals surface area (Å²) in [6.45, 7) is 2.20. The Kier molecular flexibility index (Phi) is 6.78. The van der Waals surface area contributed by atoms with Crippen molar-refractivity contribution in [3.05, 3.63) is 52.5 Å². The van der Waals surface area contributed by atoms with Gasteiger partial charge in [-0.15, -0.1) is 0 Å². The lowest BCUT2D eigenvalue weighted by Crippen LogP contribution is -2.31. The highest BCUT2D eigenvalue weighted by Crippen LogP contribution is 2.27. The molecule has 0 radical (unpaired) electrons. The molecule has 0 aliphatic carbocycles. The van der Waals surface area contributed by atoms with E-state index >= 15 is 0 Å². The van der Waals surface area contributed by atoms with Crippen LogP contribution in [0.25, 0.3) is 0 Å². The molecule has 0 saturated carbocycles. The average molecular weight is 423 g/mol. The molecule has 1 fully saturated rings. The summed E-state index contributed by atoms with van der Waals surface area (Å²) in [5.74, 6) is -0.210. The number of amides is 2. The second-order valence-corrected chi connectivity index (χ2v) is 7.27. The van der Waals surface area contributed by atoms with Gasteiger partial charge in [-0.3, -0.25) is 9.59 Å². The normalized spacial score (nSPS) is 17.0. The van der Waals surface area contributed by atoms with E-state index in [9.17, 15) is 9.59 Å². The Morgan fingerprint density at radius 1 is 1.14 bits per heavy atom. The van der Waals surface area contributed by atoms with E-state index in [0.29, 0.717) is 40.2 Å². The monoisotopic (exact) mass is 422 g/mol.